The van der Waals surface area contributed by atoms with Crippen molar-refractivity contribution >= 4 is 47.1 Å². The molecule has 2 aromatic carbocycles. The molecule has 5 rings (SSSR count). The summed E-state index contributed by atoms with van der Waals surface area (Å²) in [4.78, 5) is 85.6. The lowest BCUT2D eigenvalue weighted by molar-refractivity contribution is -0.140. The molecule has 2 aliphatic rings. The summed E-state index contributed by atoms with van der Waals surface area (Å²) in [5.74, 6) is -7.81. The first-order valence-electron chi connectivity index (χ1n) is 12.3. The lowest BCUT2D eigenvalue weighted by Gasteiger charge is -2.39. The maximum absolute atomic E-state index is 13.9. The van der Waals surface area contributed by atoms with Gasteiger partial charge in [-0.25, -0.2) is 19.4 Å². The number of benzene rings is 2. The van der Waals surface area contributed by atoms with E-state index in [2.05, 4.69) is 15.6 Å². The average molecular weight is 558 g/mol. The Morgan fingerprint density at radius 1 is 0.634 bits per heavy atom. The molecule has 2 saturated heterocycles. The SMILES string of the molecule is COc1ccc(N2C(=O)NC(=O)[C@@H](C(c3ccncc3)[C@@H]3C(=O)NC(=O)N(c4ccc(OC)cc4)C3=O)C2=O)cc1. The van der Waals surface area contributed by atoms with E-state index in [0.717, 1.165) is 9.80 Å². The largest absolute Gasteiger partial charge is 0.497 e. The van der Waals surface area contributed by atoms with Crippen LogP contribution in [0.2, 0.25) is 0 Å². The second-order valence-corrected chi connectivity index (χ2v) is 9.09. The van der Waals surface area contributed by atoms with Gasteiger partial charge in [0.25, 0.3) is 0 Å². The first kappa shape index (κ1) is 27.0. The highest BCUT2D eigenvalue weighted by Crippen LogP contribution is 2.39. The minimum atomic E-state index is -1.71. The summed E-state index contributed by atoms with van der Waals surface area (Å²) in [5, 5.41) is 4.33. The van der Waals surface area contributed by atoms with E-state index in [1.807, 2.05) is 0 Å². The number of amides is 8. The zero-order valence-electron chi connectivity index (χ0n) is 21.8. The summed E-state index contributed by atoms with van der Waals surface area (Å²) in [6.07, 6.45) is 2.75. The van der Waals surface area contributed by atoms with E-state index in [4.69, 9.17) is 9.47 Å². The van der Waals surface area contributed by atoms with E-state index < -0.39 is 53.4 Å². The van der Waals surface area contributed by atoms with Crippen molar-refractivity contribution in [1.29, 1.82) is 0 Å². The molecule has 0 bridgehead atoms. The van der Waals surface area contributed by atoms with Crippen LogP contribution in [0.3, 0.4) is 0 Å². The Bertz CT molecular complexity index is 1440. The highest BCUT2D eigenvalue weighted by atomic mass is 16.5. The van der Waals surface area contributed by atoms with Gasteiger partial charge in [-0.15, -0.1) is 0 Å². The quantitative estimate of drug-likeness (QED) is 0.413. The predicted molar refractivity (Wildman–Crippen MR) is 142 cm³/mol. The van der Waals surface area contributed by atoms with Crippen molar-refractivity contribution in [2.24, 2.45) is 11.8 Å². The van der Waals surface area contributed by atoms with Crippen molar-refractivity contribution in [3.63, 3.8) is 0 Å². The van der Waals surface area contributed by atoms with E-state index in [1.165, 1.54) is 87.3 Å². The molecular weight excluding hydrogens is 534 g/mol. The number of pyridine rings is 1. The number of imide groups is 4. The molecule has 2 fully saturated rings. The van der Waals surface area contributed by atoms with Crippen LogP contribution in [0.5, 0.6) is 11.5 Å². The topological polar surface area (TPSA) is 164 Å². The van der Waals surface area contributed by atoms with Crippen LogP contribution in [0.25, 0.3) is 0 Å². The molecule has 1 aromatic heterocycles. The number of urea groups is 2. The van der Waals surface area contributed by atoms with Gasteiger partial charge in [0.05, 0.1) is 25.6 Å². The number of carbonyl (C=O) groups excluding carboxylic acids is 6. The monoisotopic (exact) mass is 557 g/mol. The smallest absolute Gasteiger partial charge is 0.335 e. The number of rotatable bonds is 7. The Labute approximate surface area is 233 Å². The highest BCUT2D eigenvalue weighted by Gasteiger charge is 2.55. The lowest BCUT2D eigenvalue weighted by Crippen LogP contribution is -2.64. The zero-order valence-corrected chi connectivity index (χ0v) is 21.8. The molecule has 3 heterocycles. The molecule has 13 heteroatoms. The number of anilines is 2. The van der Waals surface area contributed by atoms with E-state index in [0.29, 0.717) is 11.5 Å². The molecule has 0 aliphatic carbocycles. The Morgan fingerprint density at radius 3 is 1.39 bits per heavy atom. The van der Waals surface area contributed by atoms with Gasteiger partial charge in [0, 0.05) is 18.3 Å². The molecule has 0 unspecified atom stereocenters. The normalized spacial score (nSPS) is 19.3. The van der Waals surface area contributed by atoms with Gasteiger partial charge in [-0.1, -0.05) is 0 Å². The average Bonchev–Trinajstić information content (AvgIpc) is 2.97. The standard InChI is InChI=1S/C28H23N5O8/c1-40-18-7-3-16(4-8-18)32-25(36)21(23(34)30-27(32)38)20(15-11-13-29-14-12-15)22-24(35)31-28(39)33(26(22)37)17-5-9-19(41-2)10-6-17/h3-14,20-22H,1-2H3,(H,30,34,38)(H,31,35,39)/t21-,22-/m1/s1. The predicted octanol–water partition coefficient (Wildman–Crippen LogP) is 1.98. The molecule has 2 N–H and O–H groups in total. The molecule has 0 spiro atoms. The first-order valence-corrected chi connectivity index (χ1v) is 12.3. The Balaban J connectivity index is 1.59. The molecule has 8 amide bonds. The van der Waals surface area contributed by atoms with Crippen molar-refractivity contribution < 1.29 is 38.2 Å². The van der Waals surface area contributed by atoms with Gasteiger partial charge >= 0.3 is 12.1 Å². The van der Waals surface area contributed by atoms with Crippen molar-refractivity contribution in [3.8, 4) is 11.5 Å². The van der Waals surface area contributed by atoms with Gasteiger partial charge in [-0.3, -0.25) is 34.8 Å². The third-order valence-electron chi connectivity index (χ3n) is 6.87. The number of methoxy groups -OCH3 is 2. The van der Waals surface area contributed by atoms with Crippen LogP contribution >= 0.6 is 0 Å². The number of aromatic nitrogens is 1. The molecule has 13 nitrogen and oxygen atoms in total. The molecular formula is C28H23N5O8. The molecule has 208 valence electrons. The van der Waals surface area contributed by atoms with Crippen LogP contribution in [-0.4, -0.2) is 54.9 Å². The van der Waals surface area contributed by atoms with Crippen LogP contribution in [0.15, 0.2) is 73.1 Å². The van der Waals surface area contributed by atoms with Gasteiger partial charge in [0.1, 0.15) is 23.3 Å². The Hall–Kier alpha value is -5.59. The van der Waals surface area contributed by atoms with Crippen LogP contribution < -0.4 is 29.9 Å². The van der Waals surface area contributed by atoms with Gasteiger partial charge in [-0.2, -0.15) is 0 Å². The summed E-state index contributed by atoms with van der Waals surface area (Å²) < 4.78 is 10.3. The van der Waals surface area contributed by atoms with Gasteiger partial charge in [0.2, 0.25) is 23.6 Å². The number of ether oxygens (including phenoxy) is 2. The molecule has 0 saturated carbocycles. The Morgan fingerprint density at radius 2 is 1.02 bits per heavy atom. The molecule has 2 aliphatic heterocycles. The fourth-order valence-electron chi connectivity index (χ4n) is 4.93. The van der Waals surface area contributed by atoms with Crippen LogP contribution in [-0.2, 0) is 19.2 Å². The van der Waals surface area contributed by atoms with Crippen molar-refractivity contribution in [2.75, 3.05) is 24.0 Å². The van der Waals surface area contributed by atoms with Gasteiger partial charge in [0.15, 0.2) is 0 Å². The van der Waals surface area contributed by atoms with E-state index in [9.17, 15) is 28.8 Å². The number of carbonyl (C=O) groups is 6. The molecule has 41 heavy (non-hydrogen) atoms. The Kier molecular flexibility index (Phi) is 7.17. The van der Waals surface area contributed by atoms with Crippen LogP contribution in [0.1, 0.15) is 11.5 Å². The summed E-state index contributed by atoms with van der Waals surface area (Å²) in [6, 6.07) is 12.8. The van der Waals surface area contributed by atoms with E-state index in [-0.39, 0.29) is 16.9 Å². The van der Waals surface area contributed by atoms with E-state index >= 15 is 0 Å². The minimum Gasteiger partial charge on any atom is -0.497 e. The third kappa shape index (κ3) is 4.84. The van der Waals surface area contributed by atoms with Crippen LogP contribution in [0, 0.1) is 11.8 Å². The van der Waals surface area contributed by atoms with Gasteiger partial charge < -0.3 is 9.47 Å². The maximum atomic E-state index is 13.9. The number of barbiturate groups is 2. The molecule has 3 aromatic rings. The summed E-state index contributed by atoms with van der Waals surface area (Å²) in [7, 11) is 2.90. The summed E-state index contributed by atoms with van der Waals surface area (Å²) in [6.45, 7) is 0. The summed E-state index contributed by atoms with van der Waals surface area (Å²) in [5.41, 5.74) is 0.512. The lowest BCUT2D eigenvalue weighted by atomic mass is 9.73. The number of hydrogen-bond acceptors (Lipinski definition) is 9. The molecule has 2 atom stereocenters. The van der Waals surface area contributed by atoms with Crippen molar-refractivity contribution in [1.82, 2.24) is 15.6 Å². The number of nitrogens with one attached hydrogen (secondary N) is 2. The second kappa shape index (κ2) is 10.9. The number of nitrogens with zero attached hydrogens (tertiary/aromatic N) is 3. The van der Waals surface area contributed by atoms with Crippen molar-refractivity contribution in [2.45, 2.75) is 5.92 Å². The summed E-state index contributed by atoms with van der Waals surface area (Å²) >= 11 is 0. The fraction of sp³-hybridized carbons (Fsp3) is 0.179. The maximum Gasteiger partial charge on any atom is 0.335 e. The number of hydrogen-bond donors (Lipinski definition) is 2. The minimum absolute atomic E-state index is 0.133. The second-order valence-electron chi connectivity index (χ2n) is 9.09. The fourth-order valence-corrected chi connectivity index (χ4v) is 4.93. The third-order valence-corrected chi connectivity index (χ3v) is 6.87. The molecule has 0 radical (unpaired) electrons. The van der Waals surface area contributed by atoms with Gasteiger partial charge in [-0.05, 0) is 66.2 Å². The first-order chi connectivity index (χ1) is 19.7. The zero-order chi connectivity index (χ0) is 29.3. The highest BCUT2D eigenvalue weighted by molar-refractivity contribution is 6.31. The van der Waals surface area contributed by atoms with Crippen LogP contribution in [0.4, 0.5) is 21.0 Å². The van der Waals surface area contributed by atoms with Crippen molar-refractivity contribution in [3.05, 3.63) is 78.6 Å². The van der Waals surface area contributed by atoms with E-state index in [1.54, 1.807) is 0 Å².